The highest BCUT2D eigenvalue weighted by atomic mass is 32.2. The van der Waals surface area contributed by atoms with E-state index in [1.165, 1.54) is 12.1 Å². The third-order valence-electron chi connectivity index (χ3n) is 2.66. The van der Waals surface area contributed by atoms with E-state index in [9.17, 15) is 9.18 Å². The quantitative estimate of drug-likeness (QED) is 0.901. The van der Waals surface area contributed by atoms with Gasteiger partial charge in [0.2, 0.25) is 0 Å². The second-order valence-electron chi connectivity index (χ2n) is 4.13. The van der Waals surface area contributed by atoms with Crippen molar-refractivity contribution < 1.29 is 14.3 Å². The highest BCUT2D eigenvalue weighted by Gasteiger charge is 2.23. The monoisotopic (exact) mass is 255 g/mol. The minimum absolute atomic E-state index is 0.0767. The van der Waals surface area contributed by atoms with Crippen LogP contribution in [0, 0.1) is 5.82 Å². The minimum atomic E-state index is -0.825. The van der Waals surface area contributed by atoms with Gasteiger partial charge in [0.15, 0.2) is 0 Å². The number of halogens is 1. The lowest BCUT2D eigenvalue weighted by Crippen LogP contribution is -2.35. The SMILES string of the molecule is CC1CN(CCC(=O)O)c2cc(F)ccc2S1. The number of carboxylic acids is 1. The number of rotatable bonds is 3. The summed E-state index contributed by atoms with van der Waals surface area (Å²) in [5.41, 5.74) is 0.814. The predicted molar refractivity (Wildman–Crippen MR) is 66.2 cm³/mol. The predicted octanol–water partition coefficient (Wildman–Crippen LogP) is 2.60. The fourth-order valence-corrected chi connectivity index (χ4v) is 3.09. The number of fused-ring (bicyclic) bond motifs is 1. The molecule has 0 saturated carbocycles. The number of anilines is 1. The second-order valence-corrected chi connectivity index (χ2v) is 5.61. The van der Waals surface area contributed by atoms with Crippen LogP contribution >= 0.6 is 11.8 Å². The Balaban J connectivity index is 2.23. The number of benzene rings is 1. The van der Waals surface area contributed by atoms with Crippen molar-refractivity contribution in [1.29, 1.82) is 0 Å². The molecule has 5 heteroatoms. The fraction of sp³-hybridized carbons (Fsp3) is 0.417. The van der Waals surface area contributed by atoms with Crippen molar-refractivity contribution in [3.8, 4) is 0 Å². The molecule has 1 heterocycles. The first-order valence-corrected chi connectivity index (χ1v) is 6.37. The standard InChI is InChI=1S/C12H14FNO2S/c1-8-7-14(5-4-12(15)16)10-6-9(13)2-3-11(10)17-8/h2-3,6,8H,4-5,7H2,1H3,(H,15,16). The summed E-state index contributed by atoms with van der Waals surface area (Å²) in [6.45, 7) is 3.27. The van der Waals surface area contributed by atoms with Gasteiger partial charge < -0.3 is 10.0 Å². The molecule has 0 saturated heterocycles. The number of carboxylic acid groups (broad SMARTS) is 1. The Bertz CT molecular complexity index is 439. The Morgan fingerprint density at radius 1 is 1.65 bits per heavy atom. The molecule has 3 nitrogen and oxygen atoms in total. The van der Waals surface area contributed by atoms with Crippen LogP contribution in [0.25, 0.3) is 0 Å². The first-order valence-electron chi connectivity index (χ1n) is 5.49. The van der Waals surface area contributed by atoms with Crippen LogP contribution in [0.4, 0.5) is 10.1 Å². The molecule has 2 rings (SSSR count). The normalized spacial score (nSPS) is 18.9. The van der Waals surface area contributed by atoms with Crippen molar-refractivity contribution in [2.75, 3.05) is 18.0 Å². The summed E-state index contributed by atoms with van der Waals surface area (Å²) >= 11 is 1.70. The summed E-state index contributed by atoms with van der Waals surface area (Å²) in [7, 11) is 0. The van der Waals surface area contributed by atoms with Gasteiger partial charge in [-0.15, -0.1) is 11.8 Å². The second kappa shape index (κ2) is 4.96. The molecule has 0 fully saturated rings. The van der Waals surface area contributed by atoms with E-state index < -0.39 is 5.97 Å². The maximum Gasteiger partial charge on any atom is 0.305 e. The highest BCUT2D eigenvalue weighted by Crippen LogP contribution is 2.38. The molecule has 17 heavy (non-hydrogen) atoms. The van der Waals surface area contributed by atoms with Gasteiger partial charge in [0.1, 0.15) is 5.82 Å². The lowest BCUT2D eigenvalue weighted by atomic mass is 10.2. The average Bonchev–Trinajstić information content (AvgIpc) is 2.26. The van der Waals surface area contributed by atoms with Gasteiger partial charge in [0, 0.05) is 23.2 Å². The van der Waals surface area contributed by atoms with Crippen LogP contribution in [0.3, 0.4) is 0 Å². The molecule has 0 radical (unpaired) electrons. The number of carbonyl (C=O) groups is 1. The molecule has 1 atom stereocenters. The summed E-state index contributed by atoms with van der Waals surface area (Å²) < 4.78 is 13.2. The molecule has 0 spiro atoms. The molecule has 1 aromatic rings. The molecule has 1 aliphatic rings. The number of hydrogen-bond acceptors (Lipinski definition) is 3. The lowest BCUT2D eigenvalue weighted by Gasteiger charge is -2.34. The van der Waals surface area contributed by atoms with E-state index >= 15 is 0 Å². The molecule has 1 aromatic carbocycles. The van der Waals surface area contributed by atoms with Crippen molar-refractivity contribution >= 4 is 23.4 Å². The maximum absolute atomic E-state index is 13.2. The molecule has 1 N–H and O–H groups in total. The summed E-state index contributed by atoms with van der Waals surface area (Å²) in [5.74, 6) is -1.10. The van der Waals surface area contributed by atoms with E-state index in [4.69, 9.17) is 5.11 Å². The average molecular weight is 255 g/mol. The third kappa shape index (κ3) is 2.91. The zero-order valence-corrected chi connectivity index (χ0v) is 10.3. The summed E-state index contributed by atoms with van der Waals surface area (Å²) in [6, 6.07) is 4.69. The van der Waals surface area contributed by atoms with Gasteiger partial charge >= 0.3 is 5.97 Å². The molecular weight excluding hydrogens is 241 g/mol. The van der Waals surface area contributed by atoms with E-state index in [0.717, 1.165) is 17.1 Å². The third-order valence-corrected chi connectivity index (χ3v) is 3.81. The van der Waals surface area contributed by atoms with E-state index in [2.05, 4.69) is 6.92 Å². The first kappa shape index (κ1) is 12.2. The Morgan fingerprint density at radius 3 is 3.12 bits per heavy atom. The minimum Gasteiger partial charge on any atom is -0.481 e. The fourth-order valence-electron chi connectivity index (χ4n) is 1.94. The molecule has 0 aromatic heterocycles. The van der Waals surface area contributed by atoms with Gasteiger partial charge in [-0.1, -0.05) is 6.92 Å². The molecule has 0 aliphatic carbocycles. The van der Waals surface area contributed by atoms with Gasteiger partial charge in [0.25, 0.3) is 0 Å². The van der Waals surface area contributed by atoms with Crippen LogP contribution in [0.1, 0.15) is 13.3 Å². The van der Waals surface area contributed by atoms with Crippen LogP contribution in [0.5, 0.6) is 0 Å². The Kier molecular flexibility index (Phi) is 3.57. The highest BCUT2D eigenvalue weighted by molar-refractivity contribution is 8.00. The topological polar surface area (TPSA) is 40.5 Å². The number of hydrogen-bond donors (Lipinski definition) is 1. The molecule has 92 valence electrons. The zero-order valence-electron chi connectivity index (χ0n) is 9.52. The number of nitrogens with zero attached hydrogens (tertiary/aromatic N) is 1. The van der Waals surface area contributed by atoms with Gasteiger partial charge in [-0.2, -0.15) is 0 Å². The van der Waals surface area contributed by atoms with E-state index in [1.54, 1.807) is 17.8 Å². The van der Waals surface area contributed by atoms with Crippen LogP contribution in [-0.4, -0.2) is 29.4 Å². The van der Waals surface area contributed by atoms with Crippen molar-refractivity contribution in [3.05, 3.63) is 24.0 Å². The first-order chi connectivity index (χ1) is 8.06. The molecule has 0 bridgehead atoms. The summed E-state index contributed by atoms with van der Waals surface area (Å²) in [5, 5.41) is 9.10. The van der Waals surface area contributed by atoms with Gasteiger partial charge in [-0.05, 0) is 18.2 Å². The summed E-state index contributed by atoms with van der Waals surface area (Å²) in [4.78, 5) is 13.6. The van der Waals surface area contributed by atoms with Gasteiger partial charge in [0.05, 0.1) is 12.1 Å². The number of aliphatic carboxylic acids is 1. The molecule has 1 aliphatic heterocycles. The molecule has 1 unspecified atom stereocenters. The summed E-state index contributed by atoms with van der Waals surface area (Å²) in [6.07, 6.45) is 0.0767. The lowest BCUT2D eigenvalue weighted by molar-refractivity contribution is -0.136. The van der Waals surface area contributed by atoms with E-state index in [0.29, 0.717) is 11.8 Å². The van der Waals surface area contributed by atoms with Gasteiger partial charge in [-0.25, -0.2) is 4.39 Å². The van der Waals surface area contributed by atoms with Crippen molar-refractivity contribution in [1.82, 2.24) is 0 Å². The largest absolute Gasteiger partial charge is 0.481 e. The maximum atomic E-state index is 13.2. The number of thioether (sulfide) groups is 1. The molecular formula is C12H14FNO2S. The van der Waals surface area contributed by atoms with Gasteiger partial charge in [-0.3, -0.25) is 4.79 Å². The Labute approximate surface area is 104 Å². The van der Waals surface area contributed by atoms with Crippen LogP contribution in [-0.2, 0) is 4.79 Å². The van der Waals surface area contributed by atoms with E-state index in [-0.39, 0.29) is 12.2 Å². The van der Waals surface area contributed by atoms with Crippen molar-refractivity contribution in [2.24, 2.45) is 0 Å². The molecule has 0 amide bonds. The van der Waals surface area contributed by atoms with Crippen molar-refractivity contribution in [2.45, 2.75) is 23.5 Å². The zero-order chi connectivity index (χ0) is 12.4. The Morgan fingerprint density at radius 2 is 2.41 bits per heavy atom. The van der Waals surface area contributed by atoms with E-state index in [1.807, 2.05) is 4.90 Å². The van der Waals surface area contributed by atoms with Crippen LogP contribution in [0.15, 0.2) is 23.1 Å². The van der Waals surface area contributed by atoms with Crippen LogP contribution in [0.2, 0.25) is 0 Å². The van der Waals surface area contributed by atoms with Crippen molar-refractivity contribution in [3.63, 3.8) is 0 Å². The van der Waals surface area contributed by atoms with Crippen LogP contribution < -0.4 is 4.90 Å². The Hall–Kier alpha value is -1.23. The smallest absolute Gasteiger partial charge is 0.305 e.